The normalized spacial score (nSPS) is 20.4. The number of nitrogens with zero attached hydrogens (tertiary/aromatic N) is 2. The van der Waals surface area contributed by atoms with Gasteiger partial charge in [-0.15, -0.1) is 0 Å². The number of carbonyl (C=O) groups excluding carboxylic acids is 1. The summed E-state index contributed by atoms with van der Waals surface area (Å²) >= 11 is 0. The molecule has 0 bridgehead atoms. The summed E-state index contributed by atoms with van der Waals surface area (Å²) in [5.74, 6) is 1.34. The molecule has 2 aromatic rings. The maximum Gasteiger partial charge on any atom is 0.260 e. The minimum absolute atomic E-state index is 0.0915. The molecule has 2 unspecified atom stereocenters. The smallest absolute Gasteiger partial charge is 0.260 e. The fraction of sp³-hybridized carbons (Fsp3) is 0.333. The van der Waals surface area contributed by atoms with Crippen molar-refractivity contribution in [3.05, 3.63) is 41.6 Å². The van der Waals surface area contributed by atoms with Crippen LogP contribution in [-0.2, 0) is 7.05 Å². The Hall–Kier alpha value is -2.30. The van der Waals surface area contributed by atoms with Crippen molar-refractivity contribution in [3.63, 3.8) is 0 Å². The van der Waals surface area contributed by atoms with E-state index >= 15 is 0 Å². The van der Waals surface area contributed by atoms with Gasteiger partial charge in [0.05, 0.1) is 5.56 Å². The van der Waals surface area contributed by atoms with E-state index < -0.39 is 0 Å². The van der Waals surface area contributed by atoms with Crippen molar-refractivity contribution in [3.8, 4) is 5.75 Å². The summed E-state index contributed by atoms with van der Waals surface area (Å²) in [6.07, 6.45) is 1.87. The fourth-order valence-electron chi connectivity index (χ4n) is 2.43. The molecule has 2 heterocycles. The summed E-state index contributed by atoms with van der Waals surface area (Å²) < 4.78 is 7.47. The Labute approximate surface area is 117 Å². The molecule has 104 valence electrons. The van der Waals surface area contributed by atoms with E-state index in [1.54, 1.807) is 23.0 Å². The van der Waals surface area contributed by atoms with Gasteiger partial charge < -0.3 is 10.1 Å². The predicted molar refractivity (Wildman–Crippen MR) is 76.1 cm³/mol. The third kappa shape index (κ3) is 2.05. The van der Waals surface area contributed by atoms with Gasteiger partial charge in [0.15, 0.2) is 5.82 Å². The lowest BCUT2D eigenvalue weighted by Crippen LogP contribution is -2.14. The highest BCUT2D eigenvalue weighted by atomic mass is 16.5. The van der Waals surface area contributed by atoms with Gasteiger partial charge in [0.1, 0.15) is 11.9 Å². The van der Waals surface area contributed by atoms with Crippen molar-refractivity contribution in [1.82, 2.24) is 9.78 Å². The molecule has 1 aliphatic heterocycles. The van der Waals surface area contributed by atoms with Crippen molar-refractivity contribution < 1.29 is 9.53 Å². The molecule has 2 atom stereocenters. The first-order chi connectivity index (χ1) is 9.56. The molecular formula is C15H17N3O2. The van der Waals surface area contributed by atoms with Gasteiger partial charge in [-0.05, 0) is 13.0 Å². The van der Waals surface area contributed by atoms with E-state index in [1.807, 2.05) is 26.1 Å². The Kier molecular flexibility index (Phi) is 2.97. The number of aryl methyl sites for hydroxylation is 1. The van der Waals surface area contributed by atoms with Crippen LogP contribution in [0.15, 0.2) is 30.5 Å². The number of anilines is 1. The molecule has 0 radical (unpaired) electrons. The number of rotatable bonds is 2. The molecular weight excluding hydrogens is 254 g/mol. The van der Waals surface area contributed by atoms with Gasteiger partial charge in [-0.3, -0.25) is 9.48 Å². The van der Waals surface area contributed by atoms with Gasteiger partial charge >= 0.3 is 0 Å². The fourth-order valence-corrected chi connectivity index (χ4v) is 2.43. The minimum atomic E-state index is -0.193. The number of ether oxygens (including phenoxy) is 1. The summed E-state index contributed by atoms with van der Waals surface area (Å²) in [4.78, 5) is 12.4. The van der Waals surface area contributed by atoms with Crippen LogP contribution in [0.4, 0.5) is 5.82 Å². The van der Waals surface area contributed by atoms with E-state index in [-0.39, 0.29) is 12.0 Å². The lowest BCUT2D eigenvalue weighted by atomic mass is 9.97. The van der Waals surface area contributed by atoms with Gasteiger partial charge in [-0.2, -0.15) is 5.10 Å². The van der Waals surface area contributed by atoms with E-state index in [9.17, 15) is 4.79 Å². The van der Waals surface area contributed by atoms with Crippen molar-refractivity contribution in [2.75, 3.05) is 5.32 Å². The van der Waals surface area contributed by atoms with Crippen LogP contribution in [0, 0.1) is 0 Å². The molecule has 5 heteroatoms. The van der Waals surface area contributed by atoms with Crippen LogP contribution in [0.5, 0.6) is 5.75 Å². The number of hydrogen-bond donors (Lipinski definition) is 1. The first-order valence-electron chi connectivity index (χ1n) is 6.67. The summed E-state index contributed by atoms with van der Waals surface area (Å²) in [5.41, 5.74) is 1.65. The summed E-state index contributed by atoms with van der Waals surface area (Å²) in [7, 11) is 1.81. The highest BCUT2D eigenvalue weighted by Gasteiger charge is 2.31. The van der Waals surface area contributed by atoms with Gasteiger partial charge in [-0.1, -0.05) is 19.1 Å². The van der Waals surface area contributed by atoms with Crippen LogP contribution in [0.1, 0.15) is 35.7 Å². The zero-order valence-corrected chi connectivity index (χ0v) is 11.8. The zero-order chi connectivity index (χ0) is 14.3. The van der Waals surface area contributed by atoms with Crippen molar-refractivity contribution >= 4 is 11.7 Å². The first kappa shape index (κ1) is 12.7. The molecule has 1 aromatic heterocycles. The molecule has 1 amide bonds. The average Bonchev–Trinajstić information content (AvgIpc) is 2.94. The second-order valence-corrected chi connectivity index (χ2v) is 5.16. The third-order valence-corrected chi connectivity index (χ3v) is 3.74. The molecule has 0 spiro atoms. The highest BCUT2D eigenvalue weighted by molar-refractivity contribution is 6.06. The highest BCUT2D eigenvalue weighted by Crippen LogP contribution is 2.40. The van der Waals surface area contributed by atoms with Crippen LogP contribution in [0.25, 0.3) is 0 Å². The van der Waals surface area contributed by atoms with Crippen LogP contribution >= 0.6 is 0 Å². The summed E-state index contributed by atoms with van der Waals surface area (Å²) in [5, 5.41) is 6.93. The molecule has 5 nitrogen and oxygen atoms in total. The second kappa shape index (κ2) is 4.67. The maximum absolute atomic E-state index is 12.4. The topological polar surface area (TPSA) is 56.1 Å². The first-order valence-corrected chi connectivity index (χ1v) is 6.67. The molecule has 0 fully saturated rings. The molecule has 3 rings (SSSR count). The molecule has 0 saturated carbocycles. The number of benzene rings is 1. The van der Waals surface area contributed by atoms with E-state index in [0.29, 0.717) is 23.0 Å². The predicted octanol–water partition coefficient (Wildman–Crippen LogP) is 2.56. The number of carbonyl (C=O) groups is 1. The zero-order valence-electron chi connectivity index (χ0n) is 11.8. The Morgan fingerprint density at radius 3 is 2.85 bits per heavy atom. The van der Waals surface area contributed by atoms with Crippen LogP contribution in [0.3, 0.4) is 0 Å². The Morgan fingerprint density at radius 1 is 1.35 bits per heavy atom. The summed E-state index contributed by atoms with van der Waals surface area (Å²) in [6.45, 7) is 4.13. The monoisotopic (exact) mass is 271 g/mol. The number of fused-ring (bicyclic) bond motifs is 1. The molecule has 0 saturated heterocycles. The molecule has 20 heavy (non-hydrogen) atoms. The standard InChI is InChI=1S/C15H17N3O2/c1-9-10(2)20-14-11(9)5-4-6-12(14)15(19)16-13-7-8-18(3)17-13/h4-10H,1-3H3,(H,16,17,19). The van der Waals surface area contributed by atoms with Crippen LogP contribution < -0.4 is 10.1 Å². The minimum Gasteiger partial charge on any atom is -0.489 e. The quantitative estimate of drug-likeness (QED) is 0.913. The molecule has 0 aliphatic carbocycles. The van der Waals surface area contributed by atoms with Gasteiger partial charge in [-0.25, -0.2) is 0 Å². The maximum atomic E-state index is 12.4. The van der Waals surface area contributed by atoms with Crippen LogP contribution in [0.2, 0.25) is 0 Å². The van der Waals surface area contributed by atoms with Crippen molar-refractivity contribution in [2.45, 2.75) is 25.9 Å². The lowest BCUT2D eigenvalue weighted by Gasteiger charge is -2.09. The SMILES string of the molecule is CC1Oc2c(C(=O)Nc3ccn(C)n3)cccc2C1C. The Morgan fingerprint density at radius 2 is 2.15 bits per heavy atom. The number of amides is 1. The van der Waals surface area contributed by atoms with E-state index in [1.165, 1.54) is 0 Å². The number of hydrogen-bond acceptors (Lipinski definition) is 3. The van der Waals surface area contributed by atoms with Crippen molar-refractivity contribution in [1.29, 1.82) is 0 Å². The van der Waals surface area contributed by atoms with E-state index in [0.717, 1.165) is 5.56 Å². The second-order valence-electron chi connectivity index (χ2n) is 5.16. The van der Waals surface area contributed by atoms with Gasteiger partial charge in [0, 0.05) is 30.8 Å². The Bertz CT molecular complexity index is 663. The van der Waals surface area contributed by atoms with Crippen molar-refractivity contribution in [2.24, 2.45) is 7.05 Å². The van der Waals surface area contributed by atoms with E-state index in [4.69, 9.17) is 4.74 Å². The summed E-state index contributed by atoms with van der Waals surface area (Å²) in [6, 6.07) is 7.44. The lowest BCUT2D eigenvalue weighted by molar-refractivity contribution is 0.102. The largest absolute Gasteiger partial charge is 0.489 e. The Balaban J connectivity index is 1.90. The average molecular weight is 271 g/mol. The number of nitrogens with one attached hydrogen (secondary N) is 1. The molecule has 1 aromatic carbocycles. The van der Waals surface area contributed by atoms with Gasteiger partial charge in [0.2, 0.25) is 0 Å². The molecule has 1 aliphatic rings. The van der Waals surface area contributed by atoms with E-state index in [2.05, 4.69) is 17.3 Å². The number of aromatic nitrogens is 2. The third-order valence-electron chi connectivity index (χ3n) is 3.74. The molecule has 1 N–H and O–H groups in total. The van der Waals surface area contributed by atoms with Crippen LogP contribution in [-0.4, -0.2) is 21.8 Å². The number of para-hydroxylation sites is 1. The van der Waals surface area contributed by atoms with Gasteiger partial charge in [0.25, 0.3) is 5.91 Å².